The summed E-state index contributed by atoms with van der Waals surface area (Å²) in [6, 6.07) is 18.2. The molecule has 0 aromatic heterocycles. The van der Waals surface area contributed by atoms with Crippen molar-refractivity contribution in [3.63, 3.8) is 0 Å². The SMILES string of the molecule is CCCNC(CCOc1ccccc1)c1cccc(Cl)c1. The molecule has 21 heavy (non-hydrogen) atoms. The Morgan fingerprint density at radius 3 is 2.62 bits per heavy atom. The van der Waals surface area contributed by atoms with Gasteiger partial charge in [0, 0.05) is 17.5 Å². The molecule has 0 radical (unpaired) electrons. The van der Waals surface area contributed by atoms with E-state index in [2.05, 4.69) is 18.3 Å². The zero-order chi connectivity index (χ0) is 14.9. The zero-order valence-electron chi connectivity index (χ0n) is 12.4. The highest BCUT2D eigenvalue weighted by atomic mass is 35.5. The summed E-state index contributed by atoms with van der Waals surface area (Å²) in [7, 11) is 0. The highest BCUT2D eigenvalue weighted by Gasteiger charge is 2.11. The molecule has 1 unspecified atom stereocenters. The molecule has 3 heteroatoms. The Kier molecular flexibility index (Phi) is 6.58. The molecule has 0 amide bonds. The maximum Gasteiger partial charge on any atom is 0.119 e. The molecule has 0 fully saturated rings. The number of halogens is 1. The monoisotopic (exact) mass is 303 g/mol. The van der Waals surface area contributed by atoms with E-state index in [1.54, 1.807) is 0 Å². The molecule has 1 N–H and O–H groups in total. The van der Waals surface area contributed by atoms with E-state index in [1.807, 2.05) is 48.5 Å². The topological polar surface area (TPSA) is 21.3 Å². The Balaban J connectivity index is 1.93. The van der Waals surface area contributed by atoms with E-state index in [0.29, 0.717) is 6.61 Å². The minimum atomic E-state index is 0.271. The molecule has 0 saturated carbocycles. The lowest BCUT2D eigenvalue weighted by atomic mass is 10.0. The van der Waals surface area contributed by atoms with Gasteiger partial charge in [0.2, 0.25) is 0 Å². The molecule has 0 aliphatic rings. The average Bonchev–Trinajstić information content (AvgIpc) is 2.51. The molecule has 2 aromatic carbocycles. The Morgan fingerprint density at radius 2 is 1.90 bits per heavy atom. The van der Waals surface area contributed by atoms with Gasteiger partial charge in [-0.05, 0) is 42.8 Å². The fraction of sp³-hybridized carbons (Fsp3) is 0.333. The van der Waals surface area contributed by atoms with Gasteiger partial charge in [0.15, 0.2) is 0 Å². The van der Waals surface area contributed by atoms with Gasteiger partial charge in [0.1, 0.15) is 5.75 Å². The molecule has 2 aromatic rings. The quantitative estimate of drug-likeness (QED) is 0.752. The van der Waals surface area contributed by atoms with Crippen LogP contribution in [0, 0.1) is 0 Å². The van der Waals surface area contributed by atoms with Crippen LogP contribution in [-0.2, 0) is 0 Å². The highest BCUT2D eigenvalue weighted by molar-refractivity contribution is 6.30. The minimum Gasteiger partial charge on any atom is -0.494 e. The van der Waals surface area contributed by atoms with Crippen LogP contribution in [-0.4, -0.2) is 13.2 Å². The van der Waals surface area contributed by atoms with Crippen molar-refractivity contribution in [2.75, 3.05) is 13.2 Å². The van der Waals surface area contributed by atoms with Crippen LogP contribution in [0.15, 0.2) is 54.6 Å². The average molecular weight is 304 g/mol. The Bertz CT molecular complexity index is 530. The third-order valence-electron chi connectivity index (χ3n) is 3.31. The Hall–Kier alpha value is -1.51. The fourth-order valence-electron chi connectivity index (χ4n) is 2.24. The van der Waals surface area contributed by atoms with Gasteiger partial charge in [-0.2, -0.15) is 0 Å². The predicted molar refractivity (Wildman–Crippen MR) is 89.0 cm³/mol. The second kappa shape index (κ2) is 8.71. The smallest absolute Gasteiger partial charge is 0.119 e. The lowest BCUT2D eigenvalue weighted by Crippen LogP contribution is -2.24. The zero-order valence-corrected chi connectivity index (χ0v) is 13.1. The maximum atomic E-state index is 6.09. The van der Waals surface area contributed by atoms with Gasteiger partial charge < -0.3 is 10.1 Å². The lowest BCUT2D eigenvalue weighted by molar-refractivity contribution is 0.286. The van der Waals surface area contributed by atoms with E-state index in [9.17, 15) is 0 Å². The van der Waals surface area contributed by atoms with Crippen LogP contribution >= 0.6 is 11.6 Å². The Labute approximate surface area is 132 Å². The summed E-state index contributed by atoms with van der Waals surface area (Å²) >= 11 is 6.09. The van der Waals surface area contributed by atoms with Gasteiger partial charge in [-0.1, -0.05) is 48.9 Å². The predicted octanol–water partition coefficient (Wildman–Crippen LogP) is 4.85. The summed E-state index contributed by atoms with van der Waals surface area (Å²) < 4.78 is 5.80. The van der Waals surface area contributed by atoms with Gasteiger partial charge >= 0.3 is 0 Å². The first kappa shape index (κ1) is 15.9. The van der Waals surface area contributed by atoms with Gasteiger partial charge in [0.05, 0.1) is 6.61 Å². The Morgan fingerprint density at radius 1 is 1.10 bits per heavy atom. The van der Waals surface area contributed by atoms with Crippen LogP contribution in [0.4, 0.5) is 0 Å². The second-order valence-corrected chi connectivity index (χ2v) is 5.45. The van der Waals surface area contributed by atoms with Crippen molar-refractivity contribution in [1.82, 2.24) is 5.32 Å². The summed E-state index contributed by atoms with van der Waals surface area (Å²) in [6.45, 7) is 3.84. The van der Waals surface area contributed by atoms with Crippen molar-refractivity contribution in [2.45, 2.75) is 25.8 Å². The molecular weight excluding hydrogens is 282 g/mol. The van der Waals surface area contributed by atoms with Gasteiger partial charge in [-0.3, -0.25) is 0 Å². The van der Waals surface area contributed by atoms with Crippen molar-refractivity contribution >= 4 is 11.6 Å². The molecular formula is C18H22ClNO. The first-order chi connectivity index (χ1) is 10.3. The van der Waals surface area contributed by atoms with E-state index in [1.165, 1.54) is 5.56 Å². The largest absolute Gasteiger partial charge is 0.494 e. The molecule has 0 spiro atoms. The first-order valence-electron chi connectivity index (χ1n) is 7.46. The molecule has 2 rings (SSSR count). The summed E-state index contributed by atoms with van der Waals surface area (Å²) in [5.74, 6) is 0.915. The summed E-state index contributed by atoms with van der Waals surface area (Å²) in [5.41, 5.74) is 1.22. The van der Waals surface area contributed by atoms with Crippen molar-refractivity contribution in [3.05, 3.63) is 65.2 Å². The standard InChI is InChI=1S/C18H22ClNO/c1-2-12-20-18(15-7-6-8-16(19)14-15)11-13-21-17-9-4-3-5-10-17/h3-10,14,18,20H,2,11-13H2,1H3. The molecule has 0 aliphatic carbocycles. The van der Waals surface area contributed by atoms with E-state index < -0.39 is 0 Å². The van der Waals surface area contributed by atoms with Gasteiger partial charge in [0.25, 0.3) is 0 Å². The van der Waals surface area contributed by atoms with E-state index in [-0.39, 0.29) is 6.04 Å². The van der Waals surface area contributed by atoms with E-state index >= 15 is 0 Å². The molecule has 2 nitrogen and oxygen atoms in total. The number of hydrogen-bond acceptors (Lipinski definition) is 2. The van der Waals surface area contributed by atoms with Crippen molar-refractivity contribution in [2.24, 2.45) is 0 Å². The summed E-state index contributed by atoms with van der Waals surface area (Å²) in [5, 5.41) is 4.34. The number of ether oxygens (including phenoxy) is 1. The van der Waals surface area contributed by atoms with Crippen molar-refractivity contribution in [3.8, 4) is 5.75 Å². The third kappa shape index (κ3) is 5.41. The van der Waals surface area contributed by atoms with Crippen LogP contribution in [0.2, 0.25) is 5.02 Å². The fourth-order valence-corrected chi connectivity index (χ4v) is 2.44. The van der Waals surface area contributed by atoms with Crippen molar-refractivity contribution < 1.29 is 4.74 Å². The molecule has 0 bridgehead atoms. The van der Waals surface area contributed by atoms with Crippen LogP contribution in [0.5, 0.6) is 5.75 Å². The number of benzene rings is 2. The number of hydrogen-bond donors (Lipinski definition) is 1. The van der Waals surface area contributed by atoms with Gasteiger partial charge in [-0.15, -0.1) is 0 Å². The van der Waals surface area contributed by atoms with Crippen LogP contribution in [0.1, 0.15) is 31.4 Å². The highest BCUT2D eigenvalue weighted by Crippen LogP contribution is 2.21. The number of rotatable bonds is 8. The molecule has 0 heterocycles. The molecule has 0 aliphatic heterocycles. The van der Waals surface area contributed by atoms with E-state index in [0.717, 1.165) is 30.2 Å². The summed E-state index contributed by atoms with van der Waals surface area (Å²) in [4.78, 5) is 0. The second-order valence-electron chi connectivity index (χ2n) is 5.01. The third-order valence-corrected chi connectivity index (χ3v) is 3.55. The van der Waals surface area contributed by atoms with Gasteiger partial charge in [-0.25, -0.2) is 0 Å². The van der Waals surface area contributed by atoms with E-state index in [4.69, 9.17) is 16.3 Å². The molecule has 112 valence electrons. The van der Waals surface area contributed by atoms with Crippen LogP contribution in [0.25, 0.3) is 0 Å². The van der Waals surface area contributed by atoms with Crippen LogP contribution in [0.3, 0.4) is 0 Å². The number of nitrogens with one attached hydrogen (secondary N) is 1. The minimum absolute atomic E-state index is 0.271. The first-order valence-corrected chi connectivity index (χ1v) is 7.84. The van der Waals surface area contributed by atoms with Crippen LogP contribution < -0.4 is 10.1 Å². The molecule has 0 saturated heterocycles. The number of para-hydroxylation sites is 1. The van der Waals surface area contributed by atoms with Crippen molar-refractivity contribution in [1.29, 1.82) is 0 Å². The molecule has 1 atom stereocenters. The summed E-state index contributed by atoms with van der Waals surface area (Å²) in [6.07, 6.45) is 2.02. The lowest BCUT2D eigenvalue weighted by Gasteiger charge is -2.19. The normalized spacial score (nSPS) is 12.1. The maximum absolute atomic E-state index is 6.09.